The van der Waals surface area contributed by atoms with E-state index < -0.39 is 0 Å². The summed E-state index contributed by atoms with van der Waals surface area (Å²) in [5.41, 5.74) is 10.0. The minimum Gasteiger partial charge on any atom is -0.496 e. The Morgan fingerprint density at radius 2 is 2.22 bits per heavy atom. The lowest BCUT2D eigenvalue weighted by atomic mass is 9.86. The van der Waals surface area contributed by atoms with E-state index in [1.54, 1.807) is 7.11 Å². The largest absolute Gasteiger partial charge is 0.496 e. The highest BCUT2D eigenvalue weighted by Gasteiger charge is 2.24. The first-order valence-electron chi connectivity index (χ1n) is 6.70. The van der Waals surface area contributed by atoms with Crippen LogP contribution in [0.3, 0.4) is 0 Å². The van der Waals surface area contributed by atoms with Crippen LogP contribution in [0.4, 0.5) is 0 Å². The summed E-state index contributed by atoms with van der Waals surface area (Å²) in [6, 6.07) is 2.17. The number of hydrogen-bond donors (Lipinski definition) is 1. The van der Waals surface area contributed by atoms with Gasteiger partial charge in [-0.3, -0.25) is 0 Å². The van der Waals surface area contributed by atoms with Gasteiger partial charge < -0.3 is 10.5 Å². The van der Waals surface area contributed by atoms with Gasteiger partial charge in [-0.15, -0.1) is 11.8 Å². The lowest BCUT2D eigenvalue weighted by Gasteiger charge is -2.22. The van der Waals surface area contributed by atoms with Crippen LogP contribution in [0.25, 0.3) is 0 Å². The van der Waals surface area contributed by atoms with Crippen molar-refractivity contribution in [3.63, 3.8) is 0 Å². The third kappa shape index (κ3) is 2.52. The van der Waals surface area contributed by atoms with Gasteiger partial charge >= 0.3 is 0 Å². The maximum absolute atomic E-state index is 5.79. The number of rotatable bonds is 3. The summed E-state index contributed by atoms with van der Waals surface area (Å²) in [6.45, 7) is 5.18. The summed E-state index contributed by atoms with van der Waals surface area (Å²) < 4.78 is 5.58. The van der Waals surface area contributed by atoms with Gasteiger partial charge in [-0.2, -0.15) is 0 Å². The van der Waals surface area contributed by atoms with E-state index in [-0.39, 0.29) is 0 Å². The van der Waals surface area contributed by atoms with Gasteiger partial charge in [0.25, 0.3) is 0 Å². The Hall–Kier alpha value is -0.670. The van der Waals surface area contributed by atoms with Crippen molar-refractivity contribution >= 4 is 11.8 Å². The number of thioether (sulfide) groups is 1. The molecule has 1 aliphatic rings. The Morgan fingerprint density at radius 3 is 2.89 bits per heavy atom. The lowest BCUT2D eigenvalue weighted by molar-refractivity contribution is 0.401. The van der Waals surface area contributed by atoms with Crippen molar-refractivity contribution in [1.82, 2.24) is 0 Å². The third-order valence-corrected chi connectivity index (χ3v) is 5.10. The van der Waals surface area contributed by atoms with Gasteiger partial charge in [-0.05, 0) is 74.1 Å². The number of aryl methyl sites for hydroxylation is 1. The summed E-state index contributed by atoms with van der Waals surface area (Å²) in [5, 5.41) is 0. The zero-order valence-corrected chi connectivity index (χ0v) is 12.4. The topological polar surface area (TPSA) is 35.2 Å². The molecule has 0 amide bonds. The van der Waals surface area contributed by atoms with Crippen LogP contribution in [0.1, 0.15) is 41.9 Å². The highest BCUT2D eigenvalue weighted by molar-refractivity contribution is 7.99. The molecule has 1 heterocycles. The molecule has 0 radical (unpaired) electrons. The molecule has 1 aliphatic heterocycles. The van der Waals surface area contributed by atoms with Crippen molar-refractivity contribution in [3.05, 3.63) is 22.8 Å². The molecule has 0 saturated carbocycles. The lowest BCUT2D eigenvalue weighted by Crippen LogP contribution is -2.10. The molecule has 0 saturated heterocycles. The van der Waals surface area contributed by atoms with Gasteiger partial charge in [0.2, 0.25) is 0 Å². The molecule has 1 unspecified atom stereocenters. The van der Waals surface area contributed by atoms with Crippen LogP contribution in [0.5, 0.6) is 5.75 Å². The number of fused-ring (bicyclic) bond motifs is 1. The molecule has 0 fully saturated rings. The van der Waals surface area contributed by atoms with Crippen LogP contribution in [0, 0.1) is 13.8 Å². The van der Waals surface area contributed by atoms with Crippen LogP contribution in [0.2, 0.25) is 0 Å². The van der Waals surface area contributed by atoms with E-state index >= 15 is 0 Å². The van der Waals surface area contributed by atoms with Crippen LogP contribution in [-0.4, -0.2) is 19.4 Å². The van der Waals surface area contributed by atoms with E-state index in [9.17, 15) is 0 Å². The molecule has 3 heteroatoms. The van der Waals surface area contributed by atoms with Crippen molar-refractivity contribution in [2.24, 2.45) is 5.73 Å². The fourth-order valence-corrected chi connectivity index (χ4v) is 4.09. The third-order valence-electron chi connectivity index (χ3n) is 3.90. The Bertz CT molecular complexity index is 431. The molecule has 1 aromatic rings. The SMILES string of the molecule is COc1cc(C)c(C)c2c1SCCCC2CCN. The van der Waals surface area contributed by atoms with E-state index in [0.717, 1.165) is 18.7 Å². The second kappa shape index (κ2) is 5.98. The number of benzene rings is 1. The molecule has 0 aromatic heterocycles. The summed E-state index contributed by atoms with van der Waals surface area (Å²) in [6.07, 6.45) is 3.61. The minimum absolute atomic E-state index is 0.605. The highest BCUT2D eigenvalue weighted by atomic mass is 32.2. The van der Waals surface area contributed by atoms with Gasteiger partial charge in [-0.25, -0.2) is 0 Å². The first kappa shape index (κ1) is 13.8. The zero-order valence-electron chi connectivity index (χ0n) is 11.6. The fraction of sp³-hybridized carbons (Fsp3) is 0.600. The molecule has 2 nitrogen and oxygen atoms in total. The van der Waals surface area contributed by atoms with Gasteiger partial charge in [0, 0.05) is 0 Å². The van der Waals surface area contributed by atoms with Crippen molar-refractivity contribution in [1.29, 1.82) is 0 Å². The van der Waals surface area contributed by atoms with Crippen molar-refractivity contribution in [2.45, 2.75) is 43.9 Å². The Balaban J connectivity index is 2.56. The van der Waals surface area contributed by atoms with Gasteiger partial charge in [0.05, 0.1) is 12.0 Å². The van der Waals surface area contributed by atoms with Crippen molar-refractivity contribution < 1.29 is 4.74 Å². The number of ether oxygens (including phenoxy) is 1. The predicted molar refractivity (Wildman–Crippen MR) is 78.8 cm³/mol. The van der Waals surface area contributed by atoms with Crippen LogP contribution in [0.15, 0.2) is 11.0 Å². The number of methoxy groups -OCH3 is 1. The number of nitrogens with two attached hydrogens (primary N) is 1. The Labute approximate surface area is 114 Å². The first-order valence-corrected chi connectivity index (χ1v) is 7.68. The van der Waals surface area contributed by atoms with Gasteiger partial charge in [-0.1, -0.05) is 0 Å². The summed E-state index contributed by atoms with van der Waals surface area (Å²) in [5.74, 6) is 2.84. The summed E-state index contributed by atoms with van der Waals surface area (Å²) >= 11 is 1.95. The molecule has 1 atom stereocenters. The van der Waals surface area contributed by atoms with Gasteiger partial charge in [0.15, 0.2) is 0 Å². The van der Waals surface area contributed by atoms with E-state index in [1.165, 1.54) is 40.2 Å². The minimum atomic E-state index is 0.605. The standard InChI is InChI=1S/C15H23NOS/c1-10-9-13(17-3)15-14(11(10)2)12(6-7-16)5-4-8-18-15/h9,12H,4-8,16H2,1-3H3. The van der Waals surface area contributed by atoms with Crippen LogP contribution < -0.4 is 10.5 Å². The quantitative estimate of drug-likeness (QED) is 0.906. The summed E-state index contributed by atoms with van der Waals surface area (Å²) in [4.78, 5) is 1.36. The van der Waals surface area contributed by atoms with Gasteiger partial charge in [0.1, 0.15) is 5.75 Å². The van der Waals surface area contributed by atoms with Crippen molar-refractivity contribution in [3.8, 4) is 5.75 Å². The van der Waals surface area contributed by atoms with E-state index in [1.807, 2.05) is 11.8 Å². The van der Waals surface area contributed by atoms with E-state index in [0.29, 0.717) is 5.92 Å². The monoisotopic (exact) mass is 265 g/mol. The molecule has 0 bridgehead atoms. The molecular formula is C15H23NOS. The molecule has 1 aromatic carbocycles. The molecular weight excluding hydrogens is 242 g/mol. The Morgan fingerprint density at radius 1 is 1.44 bits per heavy atom. The average molecular weight is 265 g/mol. The second-order valence-electron chi connectivity index (χ2n) is 5.03. The molecule has 0 spiro atoms. The molecule has 18 heavy (non-hydrogen) atoms. The van der Waals surface area contributed by atoms with Crippen molar-refractivity contribution in [2.75, 3.05) is 19.4 Å². The maximum atomic E-state index is 5.79. The maximum Gasteiger partial charge on any atom is 0.132 e. The molecule has 2 N–H and O–H groups in total. The normalized spacial score (nSPS) is 19.2. The van der Waals surface area contributed by atoms with E-state index in [2.05, 4.69) is 19.9 Å². The average Bonchev–Trinajstić information content (AvgIpc) is 2.57. The highest BCUT2D eigenvalue weighted by Crippen LogP contribution is 2.45. The summed E-state index contributed by atoms with van der Waals surface area (Å²) in [7, 11) is 1.77. The molecule has 0 aliphatic carbocycles. The predicted octanol–water partition coefficient (Wildman–Crippen LogP) is 3.63. The van der Waals surface area contributed by atoms with Crippen LogP contribution >= 0.6 is 11.8 Å². The molecule has 100 valence electrons. The van der Waals surface area contributed by atoms with Crippen LogP contribution in [-0.2, 0) is 0 Å². The molecule has 2 rings (SSSR count). The Kier molecular flexibility index (Phi) is 4.57. The second-order valence-corrected chi connectivity index (χ2v) is 6.13. The van der Waals surface area contributed by atoms with E-state index in [4.69, 9.17) is 10.5 Å². The number of hydrogen-bond acceptors (Lipinski definition) is 3. The zero-order chi connectivity index (χ0) is 13.1. The first-order chi connectivity index (χ1) is 8.69. The smallest absolute Gasteiger partial charge is 0.132 e. The fourth-order valence-electron chi connectivity index (χ4n) is 2.82.